The topological polar surface area (TPSA) is 67.2 Å². The highest BCUT2D eigenvalue weighted by Gasteiger charge is 2.31. The molecule has 0 unspecified atom stereocenters. The maximum Gasteiger partial charge on any atom is 0.325 e. The van der Waals surface area contributed by atoms with Crippen LogP contribution >= 0.6 is 35.0 Å². The van der Waals surface area contributed by atoms with Gasteiger partial charge in [-0.05, 0) is 31.2 Å². The van der Waals surface area contributed by atoms with Crippen LogP contribution in [0.4, 0.5) is 11.4 Å². The van der Waals surface area contributed by atoms with Crippen LogP contribution in [-0.2, 0) is 0 Å². The Balaban J connectivity index is 2.01. The third-order valence-electron chi connectivity index (χ3n) is 3.49. The molecular formula is C17H13Cl2N3O2S. The monoisotopic (exact) mass is 393 g/mol. The minimum absolute atomic E-state index is 0.163. The largest absolute Gasteiger partial charge is 0.334 e. The zero-order valence-electron chi connectivity index (χ0n) is 13.0. The molecule has 0 fully saturated rings. The number of nitrogens with one attached hydrogen (secondary N) is 2. The summed E-state index contributed by atoms with van der Waals surface area (Å²) in [6.45, 7) is 1.97. The lowest BCUT2D eigenvalue weighted by Crippen LogP contribution is -2.12. The maximum atomic E-state index is 11.7. The molecular weight excluding hydrogens is 381 g/mol. The van der Waals surface area contributed by atoms with Crippen molar-refractivity contribution in [2.24, 2.45) is 0 Å². The lowest BCUT2D eigenvalue weighted by molar-refractivity contribution is -0.420. The summed E-state index contributed by atoms with van der Waals surface area (Å²) in [4.78, 5) is 12.2. The maximum absolute atomic E-state index is 11.7. The normalized spacial score (nSPS) is 12.0. The van der Waals surface area contributed by atoms with Crippen LogP contribution in [0.2, 0.25) is 0 Å². The Hall–Kier alpha value is -2.15. The fraction of sp³-hybridized carbons (Fsp3) is 0.0588. The lowest BCUT2D eigenvalue weighted by atomic mass is 10.2. The van der Waals surface area contributed by atoms with Crippen molar-refractivity contribution >= 4 is 46.3 Å². The number of aryl methyl sites for hydroxylation is 1. The summed E-state index contributed by atoms with van der Waals surface area (Å²) >= 11 is 13.1. The first-order chi connectivity index (χ1) is 12.0. The molecule has 5 nitrogen and oxygen atoms in total. The van der Waals surface area contributed by atoms with Crippen molar-refractivity contribution in [1.29, 1.82) is 0 Å². The number of benzene rings is 2. The van der Waals surface area contributed by atoms with E-state index in [1.54, 1.807) is 0 Å². The molecule has 2 aromatic rings. The van der Waals surface area contributed by atoms with Gasteiger partial charge in [-0.1, -0.05) is 64.8 Å². The molecule has 0 saturated heterocycles. The van der Waals surface area contributed by atoms with Gasteiger partial charge in [0.05, 0.1) is 16.3 Å². The number of anilines is 2. The summed E-state index contributed by atoms with van der Waals surface area (Å²) in [7, 11) is 0. The van der Waals surface area contributed by atoms with Gasteiger partial charge in [0.1, 0.15) is 9.40 Å². The molecule has 0 atom stereocenters. The van der Waals surface area contributed by atoms with Crippen LogP contribution in [0.25, 0.3) is 0 Å². The molecule has 1 aliphatic heterocycles. The minimum atomic E-state index is -0.498. The third-order valence-corrected chi connectivity index (χ3v) is 5.20. The second-order valence-electron chi connectivity index (χ2n) is 5.28. The first-order valence-electron chi connectivity index (χ1n) is 7.27. The number of rotatable bonds is 4. The molecule has 2 aromatic carbocycles. The Bertz CT molecular complexity index is 864. The highest BCUT2D eigenvalue weighted by molar-refractivity contribution is 8.03. The average Bonchev–Trinajstić information content (AvgIpc) is 2.99. The van der Waals surface area contributed by atoms with Crippen LogP contribution in [0.5, 0.6) is 0 Å². The molecule has 1 aliphatic rings. The van der Waals surface area contributed by atoms with Crippen molar-refractivity contribution in [2.75, 3.05) is 10.6 Å². The van der Waals surface area contributed by atoms with Crippen molar-refractivity contribution in [3.8, 4) is 0 Å². The van der Waals surface area contributed by atoms with E-state index in [0.717, 1.165) is 33.6 Å². The van der Waals surface area contributed by atoms with Gasteiger partial charge in [0, 0.05) is 4.90 Å². The van der Waals surface area contributed by atoms with E-state index in [9.17, 15) is 10.1 Å². The van der Waals surface area contributed by atoms with Gasteiger partial charge >= 0.3 is 5.70 Å². The van der Waals surface area contributed by atoms with E-state index < -0.39 is 4.92 Å². The highest BCUT2D eigenvalue weighted by Crippen LogP contribution is 2.40. The van der Waals surface area contributed by atoms with Crippen LogP contribution in [0.15, 0.2) is 74.3 Å². The zero-order chi connectivity index (χ0) is 18.0. The summed E-state index contributed by atoms with van der Waals surface area (Å²) in [6.07, 6.45) is 0. The van der Waals surface area contributed by atoms with Gasteiger partial charge in [-0.15, -0.1) is 0 Å². The van der Waals surface area contributed by atoms with Gasteiger partial charge < -0.3 is 10.6 Å². The molecule has 0 radical (unpaired) electrons. The standard InChI is InChI=1S/C17H13Cl2N3O2S/c1-10-6-8-11(9-7-10)25-15(16(18)19)14(22(23)24)17-20-12-4-2-3-5-13(12)21-17/h2-9,20-21H,1H3. The number of nitrogens with zero attached hydrogens (tertiary/aromatic N) is 1. The van der Waals surface area contributed by atoms with E-state index in [4.69, 9.17) is 23.2 Å². The van der Waals surface area contributed by atoms with Gasteiger partial charge in [0.25, 0.3) is 0 Å². The van der Waals surface area contributed by atoms with E-state index in [2.05, 4.69) is 10.6 Å². The number of fused-ring (bicyclic) bond motifs is 1. The van der Waals surface area contributed by atoms with Crippen molar-refractivity contribution in [2.45, 2.75) is 11.8 Å². The van der Waals surface area contributed by atoms with Crippen molar-refractivity contribution in [3.63, 3.8) is 0 Å². The average molecular weight is 394 g/mol. The Morgan fingerprint density at radius 3 is 2.08 bits per heavy atom. The summed E-state index contributed by atoms with van der Waals surface area (Å²) in [5.74, 6) is 0.236. The summed E-state index contributed by atoms with van der Waals surface area (Å²) in [6, 6.07) is 14.9. The molecule has 0 aromatic heterocycles. The Kier molecular flexibility index (Phi) is 5.22. The minimum Gasteiger partial charge on any atom is -0.334 e. The van der Waals surface area contributed by atoms with Crippen LogP contribution in [0, 0.1) is 17.0 Å². The number of hydrogen-bond acceptors (Lipinski definition) is 5. The third kappa shape index (κ3) is 3.92. The lowest BCUT2D eigenvalue weighted by Gasteiger charge is -2.09. The molecule has 1 heterocycles. The number of thioether (sulfide) groups is 1. The van der Waals surface area contributed by atoms with E-state index in [1.165, 1.54) is 0 Å². The molecule has 3 rings (SSSR count). The van der Waals surface area contributed by atoms with E-state index in [0.29, 0.717) is 0 Å². The number of halogens is 2. The number of para-hydroxylation sites is 2. The van der Waals surface area contributed by atoms with E-state index in [-0.39, 0.29) is 20.9 Å². The van der Waals surface area contributed by atoms with Crippen LogP contribution in [-0.4, -0.2) is 4.92 Å². The van der Waals surface area contributed by atoms with Gasteiger partial charge in [0.15, 0.2) is 5.82 Å². The summed E-state index contributed by atoms with van der Waals surface area (Å²) in [5, 5.41) is 17.7. The molecule has 0 saturated carbocycles. The zero-order valence-corrected chi connectivity index (χ0v) is 15.4. The predicted molar refractivity (Wildman–Crippen MR) is 103 cm³/mol. The van der Waals surface area contributed by atoms with Gasteiger partial charge in [0.2, 0.25) is 0 Å². The van der Waals surface area contributed by atoms with E-state index in [1.807, 2.05) is 55.5 Å². The Morgan fingerprint density at radius 1 is 1.04 bits per heavy atom. The molecule has 25 heavy (non-hydrogen) atoms. The molecule has 2 N–H and O–H groups in total. The Morgan fingerprint density at radius 2 is 1.60 bits per heavy atom. The van der Waals surface area contributed by atoms with Gasteiger partial charge in [-0.2, -0.15) is 0 Å². The fourth-order valence-corrected chi connectivity index (χ4v) is 3.58. The Labute approximate surface area is 158 Å². The van der Waals surface area contributed by atoms with Crippen molar-refractivity contribution < 1.29 is 4.92 Å². The SMILES string of the molecule is Cc1ccc(SC(=C(Cl)Cl)C(=C2Nc3ccccc3N2)[N+](=O)[O-])cc1. The van der Waals surface area contributed by atoms with Gasteiger partial charge in [-0.3, -0.25) is 10.1 Å². The number of nitro groups is 1. The fourth-order valence-electron chi connectivity index (χ4n) is 2.31. The second-order valence-corrected chi connectivity index (χ2v) is 7.31. The first-order valence-corrected chi connectivity index (χ1v) is 8.85. The van der Waals surface area contributed by atoms with E-state index >= 15 is 0 Å². The quantitative estimate of drug-likeness (QED) is 0.395. The molecule has 0 bridgehead atoms. The predicted octanol–water partition coefficient (Wildman–Crippen LogP) is 5.72. The summed E-state index contributed by atoms with van der Waals surface area (Å²) < 4.78 is -0.163. The summed E-state index contributed by atoms with van der Waals surface area (Å²) in [5.41, 5.74) is 2.39. The van der Waals surface area contributed by atoms with Gasteiger partial charge in [-0.25, -0.2) is 0 Å². The highest BCUT2D eigenvalue weighted by atomic mass is 35.5. The van der Waals surface area contributed by atoms with Crippen LogP contribution in [0.3, 0.4) is 0 Å². The van der Waals surface area contributed by atoms with Crippen LogP contribution < -0.4 is 10.6 Å². The molecule has 0 spiro atoms. The first kappa shape index (κ1) is 17.7. The molecule has 128 valence electrons. The van der Waals surface area contributed by atoms with Crippen molar-refractivity contribution in [1.82, 2.24) is 0 Å². The number of hydrogen-bond donors (Lipinski definition) is 2. The molecule has 0 amide bonds. The molecule has 0 aliphatic carbocycles. The molecule has 8 heteroatoms. The second kappa shape index (κ2) is 7.39. The smallest absolute Gasteiger partial charge is 0.325 e. The van der Waals surface area contributed by atoms with Crippen LogP contribution in [0.1, 0.15) is 5.56 Å². The van der Waals surface area contributed by atoms with Crippen molar-refractivity contribution in [3.05, 3.63) is 85.1 Å².